The van der Waals surface area contributed by atoms with Gasteiger partial charge in [0.15, 0.2) is 6.10 Å². The van der Waals surface area contributed by atoms with Crippen LogP contribution in [0.5, 0.6) is 0 Å². The molecule has 0 spiro atoms. The van der Waals surface area contributed by atoms with Crippen molar-refractivity contribution in [3.8, 4) is 0 Å². The summed E-state index contributed by atoms with van der Waals surface area (Å²) in [5.74, 6) is -0.883. The monoisotopic (exact) mass is 1110 g/mol. The Bertz CT molecular complexity index is 1410. The van der Waals surface area contributed by atoms with Crippen LogP contribution in [0.3, 0.4) is 0 Å². The van der Waals surface area contributed by atoms with Crippen molar-refractivity contribution < 1.29 is 28.6 Å². The number of allylic oxidation sites excluding steroid dienone is 10. The minimum absolute atomic E-state index is 0.0789. The van der Waals surface area contributed by atoms with E-state index in [0.717, 1.165) is 96.3 Å². The van der Waals surface area contributed by atoms with Crippen molar-refractivity contribution in [2.24, 2.45) is 0 Å². The fourth-order valence-electron chi connectivity index (χ4n) is 10.2. The second-order valence-corrected chi connectivity index (χ2v) is 23.4. The molecule has 0 heterocycles. The molecule has 0 bridgehead atoms. The van der Waals surface area contributed by atoms with E-state index in [4.69, 9.17) is 14.2 Å². The van der Waals surface area contributed by atoms with Crippen molar-refractivity contribution >= 4 is 17.9 Å². The Morgan fingerprint density at radius 3 is 0.747 bits per heavy atom. The highest BCUT2D eigenvalue weighted by atomic mass is 16.6. The fourth-order valence-corrected chi connectivity index (χ4v) is 10.2. The van der Waals surface area contributed by atoms with Crippen LogP contribution in [-0.2, 0) is 28.6 Å². The van der Waals surface area contributed by atoms with E-state index in [1.165, 1.54) is 231 Å². The zero-order valence-electron chi connectivity index (χ0n) is 52.9. The number of carbonyl (C=O) groups excluding carboxylic acids is 3. The highest BCUT2D eigenvalue weighted by Gasteiger charge is 2.19. The molecule has 0 amide bonds. The average Bonchev–Trinajstić information content (AvgIpc) is 3.45. The predicted molar refractivity (Wildman–Crippen MR) is 344 cm³/mol. The van der Waals surface area contributed by atoms with Crippen LogP contribution >= 0.6 is 0 Å². The van der Waals surface area contributed by atoms with Gasteiger partial charge in [0, 0.05) is 19.3 Å². The molecule has 6 heteroatoms. The highest BCUT2D eigenvalue weighted by Crippen LogP contribution is 2.18. The third-order valence-corrected chi connectivity index (χ3v) is 15.5. The van der Waals surface area contributed by atoms with Crippen molar-refractivity contribution in [1.82, 2.24) is 0 Å². The van der Waals surface area contributed by atoms with E-state index in [1.807, 2.05) is 0 Å². The molecule has 0 rings (SSSR count). The van der Waals surface area contributed by atoms with E-state index in [1.54, 1.807) is 0 Å². The third-order valence-electron chi connectivity index (χ3n) is 15.5. The van der Waals surface area contributed by atoms with Gasteiger partial charge in [-0.1, -0.05) is 300 Å². The molecule has 1 atom stereocenters. The molecule has 0 radical (unpaired) electrons. The van der Waals surface area contributed by atoms with Crippen LogP contribution in [-0.4, -0.2) is 37.2 Å². The second-order valence-electron chi connectivity index (χ2n) is 23.4. The fraction of sp³-hybridized carbons (Fsp3) is 0.822. The standard InChI is InChI=1S/C73H132O6/c1-4-7-10-13-16-19-22-25-27-28-29-30-31-32-33-34-35-36-37-38-39-40-41-42-43-44-46-48-51-54-57-60-63-66-72(75)78-69-70(68-77-71(74)65-62-59-56-53-50-47-24-21-18-15-12-9-6-3)79-73(76)67-64-61-58-55-52-49-45-26-23-20-17-14-11-8-5-2/h17,20-22,24-26,28-29,45,70H,4-16,18-19,23,27,30-44,46-69H2,1-3H3/b20-17-,24-21-,25-22-,29-28-,45-26-. The van der Waals surface area contributed by atoms with Gasteiger partial charge in [-0.15, -0.1) is 0 Å². The number of esters is 3. The van der Waals surface area contributed by atoms with Crippen LogP contribution in [0.4, 0.5) is 0 Å². The largest absolute Gasteiger partial charge is 0.462 e. The van der Waals surface area contributed by atoms with Gasteiger partial charge in [-0.3, -0.25) is 14.4 Å². The van der Waals surface area contributed by atoms with Crippen molar-refractivity contribution in [2.45, 2.75) is 374 Å². The Morgan fingerprint density at radius 2 is 0.456 bits per heavy atom. The summed E-state index contributed by atoms with van der Waals surface area (Å²) in [4.78, 5) is 38.3. The van der Waals surface area contributed by atoms with Gasteiger partial charge in [-0.05, 0) is 109 Å². The quantitative estimate of drug-likeness (QED) is 0.0261. The van der Waals surface area contributed by atoms with E-state index in [-0.39, 0.29) is 31.1 Å². The lowest BCUT2D eigenvalue weighted by Crippen LogP contribution is -2.30. The summed E-state index contributed by atoms with van der Waals surface area (Å²) < 4.78 is 16.9. The van der Waals surface area contributed by atoms with Gasteiger partial charge in [-0.2, -0.15) is 0 Å². The number of carbonyl (C=O) groups is 3. The van der Waals surface area contributed by atoms with Crippen LogP contribution < -0.4 is 0 Å². The molecule has 0 aromatic carbocycles. The minimum Gasteiger partial charge on any atom is -0.462 e. The summed E-state index contributed by atoms with van der Waals surface area (Å²) in [5.41, 5.74) is 0. The van der Waals surface area contributed by atoms with Gasteiger partial charge >= 0.3 is 17.9 Å². The molecule has 0 aliphatic rings. The summed E-state index contributed by atoms with van der Waals surface area (Å²) in [7, 11) is 0. The number of hydrogen-bond acceptors (Lipinski definition) is 6. The van der Waals surface area contributed by atoms with Gasteiger partial charge in [0.2, 0.25) is 0 Å². The zero-order chi connectivity index (χ0) is 57.1. The Balaban J connectivity index is 4.11. The summed E-state index contributed by atoms with van der Waals surface area (Å²) in [6.45, 7) is 6.61. The topological polar surface area (TPSA) is 78.9 Å². The Labute approximate surface area is 491 Å². The van der Waals surface area contributed by atoms with Crippen LogP contribution in [0, 0.1) is 0 Å². The Morgan fingerprint density at radius 1 is 0.253 bits per heavy atom. The maximum Gasteiger partial charge on any atom is 0.306 e. The molecule has 0 saturated heterocycles. The maximum absolute atomic E-state index is 12.9. The van der Waals surface area contributed by atoms with E-state index in [9.17, 15) is 14.4 Å². The van der Waals surface area contributed by atoms with Gasteiger partial charge < -0.3 is 14.2 Å². The first-order valence-electron chi connectivity index (χ1n) is 34.8. The number of hydrogen-bond donors (Lipinski definition) is 0. The van der Waals surface area contributed by atoms with Crippen molar-refractivity contribution in [2.75, 3.05) is 13.2 Å². The molecule has 0 aromatic heterocycles. The summed E-state index contributed by atoms with van der Waals surface area (Å²) in [6.07, 6.45) is 86.9. The first kappa shape index (κ1) is 76.1. The smallest absolute Gasteiger partial charge is 0.306 e. The average molecular weight is 1110 g/mol. The molecule has 1 unspecified atom stereocenters. The molecule has 0 N–H and O–H groups in total. The number of rotatable bonds is 64. The van der Waals surface area contributed by atoms with Crippen LogP contribution in [0.25, 0.3) is 0 Å². The first-order chi connectivity index (χ1) is 39.0. The Hall–Kier alpha value is -2.89. The molecule has 0 saturated carbocycles. The van der Waals surface area contributed by atoms with Crippen molar-refractivity contribution in [3.63, 3.8) is 0 Å². The van der Waals surface area contributed by atoms with E-state index >= 15 is 0 Å². The molecule has 0 aliphatic carbocycles. The van der Waals surface area contributed by atoms with E-state index in [0.29, 0.717) is 19.3 Å². The van der Waals surface area contributed by atoms with Crippen molar-refractivity contribution in [3.05, 3.63) is 60.8 Å². The summed E-state index contributed by atoms with van der Waals surface area (Å²) in [6, 6.07) is 0. The molecule has 0 aromatic rings. The van der Waals surface area contributed by atoms with Crippen LogP contribution in [0.1, 0.15) is 367 Å². The third kappa shape index (κ3) is 65.8. The molecule has 460 valence electrons. The predicted octanol–water partition coefficient (Wildman–Crippen LogP) is 23.9. The Kier molecular flexibility index (Phi) is 65.1. The van der Waals surface area contributed by atoms with Gasteiger partial charge in [0.25, 0.3) is 0 Å². The van der Waals surface area contributed by atoms with Crippen LogP contribution in [0.2, 0.25) is 0 Å². The molecular formula is C73H132O6. The van der Waals surface area contributed by atoms with Gasteiger partial charge in [-0.25, -0.2) is 0 Å². The van der Waals surface area contributed by atoms with E-state index in [2.05, 4.69) is 81.5 Å². The lowest BCUT2D eigenvalue weighted by Gasteiger charge is -2.18. The highest BCUT2D eigenvalue weighted by molar-refractivity contribution is 5.71. The van der Waals surface area contributed by atoms with Gasteiger partial charge in [0.1, 0.15) is 13.2 Å². The SMILES string of the molecule is CCCCC/C=C\C/C=C\CCCCCCCC(=O)OC(COC(=O)CCCCCCC/C=C\CCCCCC)COC(=O)CCCCCCCCCCCCCCCCCCCCCCC/C=C\C/C=C\CCCCCCC. The van der Waals surface area contributed by atoms with Crippen molar-refractivity contribution in [1.29, 1.82) is 0 Å². The lowest BCUT2D eigenvalue weighted by molar-refractivity contribution is -0.167. The minimum atomic E-state index is -0.784. The van der Waals surface area contributed by atoms with Crippen LogP contribution in [0.15, 0.2) is 60.8 Å². The molecular weight excluding hydrogens is 973 g/mol. The number of ether oxygens (including phenoxy) is 3. The zero-order valence-corrected chi connectivity index (χ0v) is 52.9. The maximum atomic E-state index is 12.9. The second kappa shape index (κ2) is 67.6. The number of unbranched alkanes of at least 4 members (excludes halogenated alkanes) is 43. The summed E-state index contributed by atoms with van der Waals surface area (Å²) in [5, 5.41) is 0. The molecule has 0 aliphatic heterocycles. The summed E-state index contributed by atoms with van der Waals surface area (Å²) >= 11 is 0. The van der Waals surface area contributed by atoms with E-state index < -0.39 is 6.10 Å². The molecule has 0 fully saturated rings. The lowest BCUT2D eigenvalue weighted by atomic mass is 10.0. The molecule has 79 heavy (non-hydrogen) atoms. The van der Waals surface area contributed by atoms with Gasteiger partial charge in [0.05, 0.1) is 0 Å². The first-order valence-corrected chi connectivity index (χ1v) is 34.8. The molecule has 6 nitrogen and oxygen atoms in total. The normalized spacial score (nSPS) is 12.4.